The quantitative estimate of drug-likeness (QED) is 0.943. The van der Waals surface area contributed by atoms with Gasteiger partial charge in [-0.1, -0.05) is 36.4 Å². The van der Waals surface area contributed by atoms with Crippen LogP contribution in [0.3, 0.4) is 0 Å². The van der Waals surface area contributed by atoms with Gasteiger partial charge in [0, 0.05) is 37.4 Å². The number of benzene rings is 1. The van der Waals surface area contributed by atoms with E-state index in [1.807, 2.05) is 49.4 Å². The number of aliphatic hydroxyl groups is 1. The SMILES string of the molecule is Cc1nc(N2CCN(C)CC2)ccc1[C@@H](O)c1ccccc1. The first-order valence-electron chi connectivity index (χ1n) is 7.79. The van der Waals surface area contributed by atoms with Crippen molar-refractivity contribution >= 4 is 5.82 Å². The van der Waals surface area contributed by atoms with Gasteiger partial charge < -0.3 is 14.9 Å². The summed E-state index contributed by atoms with van der Waals surface area (Å²) >= 11 is 0. The van der Waals surface area contributed by atoms with Gasteiger partial charge in [-0.25, -0.2) is 4.98 Å². The third-order valence-electron chi connectivity index (χ3n) is 4.35. The second-order valence-corrected chi connectivity index (χ2v) is 5.95. The molecule has 3 rings (SSSR count). The van der Waals surface area contributed by atoms with E-state index in [1.165, 1.54) is 0 Å². The second kappa shape index (κ2) is 6.46. The molecule has 1 aliphatic heterocycles. The van der Waals surface area contributed by atoms with Crippen LogP contribution in [0.2, 0.25) is 0 Å². The zero-order valence-electron chi connectivity index (χ0n) is 13.2. The largest absolute Gasteiger partial charge is 0.384 e. The summed E-state index contributed by atoms with van der Waals surface area (Å²) in [6.45, 7) is 6.11. The summed E-state index contributed by atoms with van der Waals surface area (Å²) in [6.07, 6.45) is -0.616. The van der Waals surface area contributed by atoms with Crippen LogP contribution in [0.4, 0.5) is 5.82 Å². The first-order valence-corrected chi connectivity index (χ1v) is 7.79. The second-order valence-electron chi connectivity index (χ2n) is 5.95. The van der Waals surface area contributed by atoms with Gasteiger partial charge in [-0.15, -0.1) is 0 Å². The predicted octanol–water partition coefficient (Wildman–Crippen LogP) is 2.22. The number of hydrogen-bond acceptors (Lipinski definition) is 4. The Morgan fingerprint density at radius 1 is 1.00 bits per heavy atom. The van der Waals surface area contributed by atoms with Crippen LogP contribution in [0.5, 0.6) is 0 Å². The van der Waals surface area contributed by atoms with Crippen molar-refractivity contribution in [2.75, 3.05) is 38.1 Å². The lowest BCUT2D eigenvalue weighted by molar-refractivity contribution is 0.219. The summed E-state index contributed by atoms with van der Waals surface area (Å²) in [5.41, 5.74) is 2.68. The number of pyridine rings is 1. The zero-order valence-corrected chi connectivity index (χ0v) is 13.2. The molecule has 1 atom stereocenters. The lowest BCUT2D eigenvalue weighted by atomic mass is 10.0. The molecule has 1 N–H and O–H groups in total. The maximum atomic E-state index is 10.5. The molecule has 4 heteroatoms. The Kier molecular flexibility index (Phi) is 4.41. The van der Waals surface area contributed by atoms with E-state index in [4.69, 9.17) is 4.98 Å². The van der Waals surface area contributed by atoms with Gasteiger partial charge in [0.25, 0.3) is 0 Å². The van der Waals surface area contributed by atoms with Crippen LogP contribution in [-0.4, -0.2) is 48.2 Å². The van der Waals surface area contributed by atoms with E-state index < -0.39 is 6.10 Å². The summed E-state index contributed by atoms with van der Waals surface area (Å²) in [6, 6.07) is 13.8. The molecule has 1 aromatic heterocycles. The molecule has 0 aliphatic carbocycles. The third-order valence-corrected chi connectivity index (χ3v) is 4.35. The van der Waals surface area contributed by atoms with Gasteiger partial charge in [0.05, 0.1) is 0 Å². The molecule has 0 bridgehead atoms. The molecule has 4 nitrogen and oxygen atoms in total. The molecule has 0 spiro atoms. The summed E-state index contributed by atoms with van der Waals surface area (Å²) in [5.74, 6) is 1.01. The lowest BCUT2D eigenvalue weighted by Crippen LogP contribution is -2.44. The van der Waals surface area contributed by atoms with Crippen molar-refractivity contribution in [2.45, 2.75) is 13.0 Å². The summed E-state index contributed by atoms with van der Waals surface area (Å²) in [7, 11) is 2.15. The molecule has 1 fully saturated rings. The number of anilines is 1. The predicted molar refractivity (Wildman–Crippen MR) is 89.2 cm³/mol. The first kappa shape index (κ1) is 15.0. The Balaban J connectivity index is 1.80. The van der Waals surface area contributed by atoms with Crippen LogP contribution in [0.15, 0.2) is 42.5 Å². The van der Waals surface area contributed by atoms with E-state index in [0.29, 0.717) is 0 Å². The average Bonchev–Trinajstić information content (AvgIpc) is 2.56. The molecule has 0 unspecified atom stereocenters. The van der Waals surface area contributed by atoms with Crippen molar-refractivity contribution in [1.29, 1.82) is 0 Å². The number of nitrogens with zero attached hydrogens (tertiary/aromatic N) is 3. The number of rotatable bonds is 3. The van der Waals surface area contributed by atoms with E-state index in [1.54, 1.807) is 0 Å². The fourth-order valence-electron chi connectivity index (χ4n) is 2.87. The summed E-state index contributed by atoms with van der Waals surface area (Å²) in [5, 5.41) is 10.5. The summed E-state index contributed by atoms with van der Waals surface area (Å²) in [4.78, 5) is 9.36. The Labute approximate surface area is 132 Å². The number of aromatic nitrogens is 1. The molecular formula is C18H23N3O. The fraction of sp³-hybridized carbons (Fsp3) is 0.389. The molecule has 116 valence electrons. The van der Waals surface area contributed by atoms with Gasteiger partial charge in [0.15, 0.2) is 0 Å². The van der Waals surface area contributed by atoms with Crippen molar-refractivity contribution < 1.29 is 5.11 Å². The molecule has 0 radical (unpaired) electrons. The molecule has 22 heavy (non-hydrogen) atoms. The van der Waals surface area contributed by atoms with Gasteiger partial charge in [0.1, 0.15) is 11.9 Å². The number of likely N-dealkylation sites (N-methyl/N-ethyl adjacent to an activating group) is 1. The zero-order chi connectivity index (χ0) is 15.5. The van der Waals surface area contributed by atoms with Gasteiger partial charge in [-0.2, -0.15) is 0 Å². The van der Waals surface area contributed by atoms with Crippen LogP contribution in [0.1, 0.15) is 22.9 Å². The topological polar surface area (TPSA) is 39.6 Å². The molecule has 0 saturated carbocycles. The van der Waals surface area contributed by atoms with Crippen LogP contribution in [-0.2, 0) is 0 Å². The third kappa shape index (κ3) is 3.13. The minimum atomic E-state index is -0.616. The highest BCUT2D eigenvalue weighted by atomic mass is 16.3. The van der Waals surface area contributed by atoms with Gasteiger partial charge in [-0.05, 0) is 25.6 Å². The number of piperazine rings is 1. The highest BCUT2D eigenvalue weighted by molar-refractivity contribution is 5.44. The van der Waals surface area contributed by atoms with Crippen molar-refractivity contribution in [3.8, 4) is 0 Å². The summed E-state index contributed by atoms with van der Waals surface area (Å²) < 4.78 is 0. The Morgan fingerprint density at radius 3 is 2.32 bits per heavy atom. The first-order chi connectivity index (χ1) is 10.6. The smallest absolute Gasteiger partial charge is 0.128 e. The minimum absolute atomic E-state index is 0.616. The average molecular weight is 297 g/mol. The minimum Gasteiger partial charge on any atom is -0.384 e. The lowest BCUT2D eigenvalue weighted by Gasteiger charge is -2.33. The van der Waals surface area contributed by atoms with Crippen molar-refractivity contribution in [3.05, 3.63) is 59.3 Å². The van der Waals surface area contributed by atoms with Gasteiger partial charge in [0.2, 0.25) is 0 Å². The fourth-order valence-corrected chi connectivity index (χ4v) is 2.87. The number of aliphatic hydroxyl groups excluding tert-OH is 1. The van der Waals surface area contributed by atoms with E-state index in [-0.39, 0.29) is 0 Å². The van der Waals surface area contributed by atoms with Crippen LogP contribution in [0.25, 0.3) is 0 Å². The molecule has 2 aromatic rings. The van der Waals surface area contributed by atoms with E-state index in [0.717, 1.165) is 48.8 Å². The van der Waals surface area contributed by atoms with Crippen molar-refractivity contribution in [1.82, 2.24) is 9.88 Å². The van der Waals surface area contributed by atoms with Crippen LogP contribution < -0.4 is 4.90 Å². The number of hydrogen-bond donors (Lipinski definition) is 1. The Bertz CT molecular complexity index is 621. The van der Waals surface area contributed by atoms with Crippen LogP contribution >= 0.6 is 0 Å². The van der Waals surface area contributed by atoms with E-state index in [2.05, 4.69) is 16.8 Å². The molecule has 1 saturated heterocycles. The molecular weight excluding hydrogens is 274 g/mol. The van der Waals surface area contributed by atoms with E-state index in [9.17, 15) is 5.11 Å². The molecule has 2 heterocycles. The Hall–Kier alpha value is -1.91. The number of aryl methyl sites for hydroxylation is 1. The molecule has 0 amide bonds. The molecule has 1 aromatic carbocycles. The van der Waals surface area contributed by atoms with E-state index >= 15 is 0 Å². The van der Waals surface area contributed by atoms with Gasteiger partial charge >= 0.3 is 0 Å². The van der Waals surface area contributed by atoms with Crippen molar-refractivity contribution in [2.24, 2.45) is 0 Å². The standard InChI is InChI=1S/C18H23N3O/c1-14-16(18(22)15-6-4-3-5-7-15)8-9-17(19-14)21-12-10-20(2)11-13-21/h3-9,18,22H,10-13H2,1-2H3/t18-/m0/s1. The maximum Gasteiger partial charge on any atom is 0.128 e. The maximum absolute atomic E-state index is 10.5. The highest BCUT2D eigenvalue weighted by Gasteiger charge is 2.18. The monoisotopic (exact) mass is 297 g/mol. The highest BCUT2D eigenvalue weighted by Crippen LogP contribution is 2.26. The molecule has 1 aliphatic rings. The Morgan fingerprint density at radius 2 is 1.68 bits per heavy atom. The normalized spacial score (nSPS) is 17.5. The van der Waals surface area contributed by atoms with Crippen LogP contribution in [0, 0.1) is 6.92 Å². The van der Waals surface area contributed by atoms with Gasteiger partial charge in [-0.3, -0.25) is 0 Å². The van der Waals surface area contributed by atoms with Crippen molar-refractivity contribution in [3.63, 3.8) is 0 Å².